The van der Waals surface area contributed by atoms with Crippen molar-refractivity contribution >= 4 is 45.0 Å². The fourth-order valence-corrected chi connectivity index (χ4v) is 3.15. The van der Waals surface area contributed by atoms with Gasteiger partial charge in [0, 0.05) is 28.0 Å². The van der Waals surface area contributed by atoms with Crippen LogP contribution in [-0.2, 0) is 0 Å². The van der Waals surface area contributed by atoms with Crippen LogP contribution in [0.5, 0.6) is 0 Å². The van der Waals surface area contributed by atoms with E-state index < -0.39 is 0 Å². The Bertz CT molecular complexity index is 453. The molecular weight excluding hydrogens is 337 g/mol. The molecule has 5 heteroatoms. The number of alkyl halides is 1. The lowest BCUT2D eigenvalue weighted by Crippen LogP contribution is -2.44. The van der Waals surface area contributed by atoms with Crippen molar-refractivity contribution in [3.63, 3.8) is 0 Å². The van der Waals surface area contributed by atoms with Gasteiger partial charge in [-0.2, -0.15) is 0 Å². The summed E-state index contributed by atoms with van der Waals surface area (Å²) in [5.74, 6) is 0.499. The Labute approximate surface area is 125 Å². The third-order valence-electron chi connectivity index (χ3n) is 3.22. The minimum Gasteiger partial charge on any atom is -0.334 e. The molecule has 0 spiro atoms. The third kappa shape index (κ3) is 3.01. The molecule has 1 heterocycles. The van der Waals surface area contributed by atoms with Crippen LogP contribution in [0.3, 0.4) is 0 Å². The maximum Gasteiger partial charge on any atom is 0.255 e. The van der Waals surface area contributed by atoms with E-state index in [0.717, 1.165) is 30.3 Å². The molecular formula is C13H14BrCl2NO. The molecule has 1 aliphatic rings. The first kappa shape index (κ1) is 14.2. The number of rotatable bonds is 2. The van der Waals surface area contributed by atoms with Crippen LogP contribution in [0.1, 0.15) is 29.6 Å². The number of carbonyl (C=O) groups is 1. The van der Waals surface area contributed by atoms with E-state index in [1.807, 2.05) is 4.90 Å². The minimum absolute atomic E-state index is 0.00900. The van der Waals surface area contributed by atoms with Gasteiger partial charge in [0.1, 0.15) is 0 Å². The van der Waals surface area contributed by atoms with Crippen molar-refractivity contribution in [2.24, 2.45) is 0 Å². The van der Waals surface area contributed by atoms with Crippen LogP contribution < -0.4 is 0 Å². The number of piperidine rings is 1. The highest BCUT2D eigenvalue weighted by Crippen LogP contribution is 2.26. The van der Waals surface area contributed by atoms with E-state index >= 15 is 0 Å². The highest BCUT2D eigenvalue weighted by atomic mass is 79.9. The maximum absolute atomic E-state index is 12.5. The monoisotopic (exact) mass is 349 g/mol. The molecule has 2 nitrogen and oxygen atoms in total. The number of carbonyl (C=O) groups excluding carboxylic acids is 1. The van der Waals surface area contributed by atoms with Crippen molar-refractivity contribution in [3.05, 3.63) is 33.3 Å². The van der Waals surface area contributed by atoms with E-state index in [0.29, 0.717) is 16.5 Å². The first-order valence-electron chi connectivity index (χ1n) is 5.95. The fraction of sp³-hybridized carbons (Fsp3) is 0.462. The van der Waals surface area contributed by atoms with Gasteiger partial charge in [0.25, 0.3) is 5.91 Å². The van der Waals surface area contributed by atoms with Crippen LogP contribution in [0.15, 0.2) is 22.7 Å². The second-order valence-electron chi connectivity index (χ2n) is 4.43. The highest BCUT2D eigenvalue weighted by molar-refractivity contribution is 9.10. The summed E-state index contributed by atoms with van der Waals surface area (Å²) >= 11 is 15.3. The van der Waals surface area contributed by atoms with Gasteiger partial charge in [-0.25, -0.2) is 0 Å². The van der Waals surface area contributed by atoms with Crippen LogP contribution in [0.25, 0.3) is 0 Å². The zero-order chi connectivity index (χ0) is 13.1. The number of hydrogen-bond acceptors (Lipinski definition) is 1. The van der Waals surface area contributed by atoms with Crippen LogP contribution >= 0.6 is 39.1 Å². The van der Waals surface area contributed by atoms with Gasteiger partial charge in [0.15, 0.2) is 0 Å². The number of hydrogen-bond donors (Lipinski definition) is 0. The Morgan fingerprint density at radius 1 is 1.44 bits per heavy atom. The Morgan fingerprint density at radius 2 is 2.22 bits per heavy atom. The van der Waals surface area contributed by atoms with Crippen LogP contribution in [0.4, 0.5) is 0 Å². The third-order valence-corrected chi connectivity index (χ3v) is 4.51. The normalized spacial score (nSPS) is 19.9. The summed E-state index contributed by atoms with van der Waals surface area (Å²) in [4.78, 5) is 14.4. The molecule has 1 atom stereocenters. The smallest absolute Gasteiger partial charge is 0.255 e. The van der Waals surface area contributed by atoms with Gasteiger partial charge in [-0.05, 0) is 53.4 Å². The van der Waals surface area contributed by atoms with Crippen molar-refractivity contribution in [3.8, 4) is 0 Å². The van der Waals surface area contributed by atoms with Crippen molar-refractivity contribution in [2.45, 2.75) is 25.3 Å². The lowest BCUT2D eigenvalue weighted by atomic mass is 10.0. The van der Waals surface area contributed by atoms with Crippen LogP contribution in [0.2, 0.25) is 5.02 Å². The molecule has 0 aromatic heterocycles. The van der Waals surface area contributed by atoms with Crippen LogP contribution in [-0.4, -0.2) is 29.3 Å². The molecule has 18 heavy (non-hydrogen) atoms. The van der Waals surface area contributed by atoms with Crippen molar-refractivity contribution in [1.82, 2.24) is 4.90 Å². The second kappa shape index (κ2) is 6.27. The molecule has 1 aliphatic heterocycles. The Balaban J connectivity index is 2.26. The van der Waals surface area contributed by atoms with Crippen molar-refractivity contribution in [2.75, 3.05) is 12.4 Å². The van der Waals surface area contributed by atoms with E-state index in [1.165, 1.54) is 0 Å². The molecule has 0 saturated carbocycles. The first-order chi connectivity index (χ1) is 8.63. The zero-order valence-corrected chi connectivity index (χ0v) is 12.9. The zero-order valence-electron chi connectivity index (χ0n) is 9.83. The number of benzene rings is 1. The molecule has 1 aromatic rings. The number of likely N-dealkylation sites (tertiary alicyclic amines) is 1. The predicted molar refractivity (Wildman–Crippen MR) is 78.5 cm³/mol. The summed E-state index contributed by atoms with van der Waals surface area (Å²) in [6.45, 7) is 0.773. The molecule has 0 bridgehead atoms. The van der Waals surface area contributed by atoms with Gasteiger partial charge in [-0.3, -0.25) is 4.79 Å². The van der Waals surface area contributed by atoms with Gasteiger partial charge < -0.3 is 4.90 Å². The van der Waals surface area contributed by atoms with Gasteiger partial charge in [0.2, 0.25) is 0 Å². The van der Waals surface area contributed by atoms with Gasteiger partial charge in [0.05, 0.1) is 5.56 Å². The lowest BCUT2D eigenvalue weighted by Gasteiger charge is -2.34. The summed E-state index contributed by atoms with van der Waals surface area (Å²) in [7, 11) is 0. The van der Waals surface area contributed by atoms with E-state index in [4.69, 9.17) is 23.2 Å². The molecule has 2 rings (SSSR count). The molecule has 0 radical (unpaired) electrons. The summed E-state index contributed by atoms with van der Waals surface area (Å²) < 4.78 is 0.774. The van der Waals surface area contributed by atoms with Gasteiger partial charge in [-0.15, -0.1) is 11.6 Å². The fourth-order valence-electron chi connectivity index (χ4n) is 2.24. The number of amides is 1. The summed E-state index contributed by atoms with van der Waals surface area (Å²) in [5.41, 5.74) is 0.611. The molecule has 1 amide bonds. The largest absolute Gasteiger partial charge is 0.334 e. The summed E-state index contributed by atoms with van der Waals surface area (Å²) in [5, 5.41) is 0.570. The molecule has 1 fully saturated rings. The first-order valence-corrected chi connectivity index (χ1v) is 7.66. The van der Waals surface area contributed by atoms with E-state index in [-0.39, 0.29) is 11.9 Å². The minimum atomic E-state index is 0.00900. The van der Waals surface area contributed by atoms with Crippen LogP contribution in [0, 0.1) is 0 Å². The average molecular weight is 351 g/mol. The molecule has 0 aliphatic carbocycles. The summed E-state index contributed by atoms with van der Waals surface area (Å²) in [6.07, 6.45) is 3.16. The van der Waals surface area contributed by atoms with E-state index in [1.54, 1.807) is 18.2 Å². The SMILES string of the molecule is O=C(c1cc(Cl)ccc1Br)N1CCCCC1CCl. The molecule has 98 valence electrons. The van der Waals surface area contributed by atoms with E-state index in [9.17, 15) is 4.79 Å². The van der Waals surface area contributed by atoms with Crippen molar-refractivity contribution < 1.29 is 4.79 Å². The van der Waals surface area contributed by atoms with Gasteiger partial charge >= 0.3 is 0 Å². The number of halogens is 3. The molecule has 1 unspecified atom stereocenters. The standard InChI is InChI=1S/C13H14BrCl2NO/c14-12-5-4-9(16)7-11(12)13(18)17-6-2-1-3-10(17)8-15/h4-5,7,10H,1-3,6,8H2. The molecule has 1 saturated heterocycles. The quantitative estimate of drug-likeness (QED) is 0.726. The topological polar surface area (TPSA) is 20.3 Å². The Morgan fingerprint density at radius 3 is 2.94 bits per heavy atom. The summed E-state index contributed by atoms with van der Waals surface area (Å²) in [6, 6.07) is 5.40. The molecule has 0 N–H and O–H groups in total. The van der Waals surface area contributed by atoms with Crippen molar-refractivity contribution in [1.29, 1.82) is 0 Å². The number of nitrogens with zero attached hydrogens (tertiary/aromatic N) is 1. The highest BCUT2D eigenvalue weighted by Gasteiger charge is 2.27. The Kier molecular flexibility index (Phi) is 4.93. The van der Waals surface area contributed by atoms with E-state index in [2.05, 4.69) is 15.9 Å². The predicted octanol–water partition coefficient (Wildman–Crippen LogP) is 4.34. The second-order valence-corrected chi connectivity index (χ2v) is 6.03. The lowest BCUT2D eigenvalue weighted by molar-refractivity contribution is 0.0638. The molecule has 1 aromatic carbocycles. The maximum atomic E-state index is 12.5. The average Bonchev–Trinajstić information content (AvgIpc) is 2.40. The Hall–Kier alpha value is -0.250. The van der Waals surface area contributed by atoms with Gasteiger partial charge in [-0.1, -0.05) is 11.6 Å².